The molecule has 0 amide bonds. The minimum Gasteiger partial charge on any atom is -0.369 e. The van der Waals surface area contributed by atoms with E-state index >= 15 is 0 Å². The molecule has 5 heteroatoms. The second-order valence-electron chi connectivity index (χ2n) is 5.14. The average molecular weight is 315 g/mol. The molecule has 0 aliphatic heterocycles. The average Bonchev–Trinajstić information content (AvgIpc) is 2.50. The molecule has 112 valence electrons. The van der Waals surface area contributed by atoms with E-state index in [1.54, 1.807) is 48.8 Å². The zero-order valence-electron chi connectivity index (χ0n) is 12.2. The number of aliphatic imine (C=N–C) groups is 1. The molecule has 2 aromatic carbocycles. The summed E-state index contributed by atoms with van der Waals surface area (Å²) in [7, 11) is 3.74. The van der Waals surface area contributed by atoms with E-state index in [4.69, 9.17) is 0 Å². The SMILES string of the molecule is CN(C)C=Nc1ccc2c(c1)C(=O)c1ccccc1C2=O.Cl. The van der Waals surface area contributed by atoms with Crippen LogP contribution in [0.5, 0.6) is 0 Å². The highest BCUT2D eigenvalue weighted by atomic mass is 35.5. The molecule has 4 nitrogen and oxygen atoms in total. The molecule has 1 aliphatic rings. The van der Waals surface area contributed by atoms with Crippen LogP contribution in [-0.2, 0) is 0 Å². The van der Waals surface area contributed by atoms with Gasteiger partial charge in [0.15, 0.2) is 11.6 Å². The Labute approximate surface area is 134 Å². The molecule has 0 saturated heterocycles. The minimum absolute atomic E-state index is 0. The number of hydrogen-bond acceptors (Lipinski definition) is 3. The van der Waals surface area contributed by atoms with E-state index in [9.17, 15) is 9.59 Å². The third-order valence-electron chi connectivity index (χ3n) is 3.35. The van der Waals surface area contributed by atoms with Gasteiger partial charge in [-0.2, -0.15) is 0 Å². The van der Waals surface area contributed by atoms with Gasteiger partial charge in [-0.25, -0.2) is 4.99 Å². The van der Waals surface area contributed by atoms with E-state index in [0.717, 1.165) is 0 Å². The minimum atomic E-state index is -0.123. The van der Waals surface area contributed by atoms with Crippen molar-refractivity contribution in [2.45, 2.75) is 0 Å². The first-order valence-corrected chi connectivity index (χ1v) is 6.61. The summed E-state index contributed by atoms with van der Waals surface area (Å²) in [6.45, 7) is 0. The number of nitrogens with zero attached hydrogens (tertiary/aromatic N) is 2. The molecule has 1 aliphatic carbocycles. The van der Waals surface area contributed by atoms with Gasteiger partial charge in [-0.15, -0.1) is 12.4 Å². The van der Waals surface area contributed by atoms with Crippen molar-refractivity contribution in [2.75, 3.05) is 14.1 Å². The van der Waals surface area contributed by atoms with Crippen LogP contribution in [0.2, 0.25) is 0 Å². The summed E-state index contributed by atoms with van der Waals surface area (Å²) >= 11 is 0. The van der Waals surface area contributed by atoms with Crippen LogP contribution in [0.25, 0.3) is 0 Å². The maximum Gasteiger partial charge on any atom is 0.194 e. The molecule has 0 atom stereocenters. The summed E-state index contributed by atoms with van der Waals surface area (Å²) in [5, 5.41) is 0. The van der Waals surface area contributed by atoms with Crippen LogP contribution in [0.15, 0.2) is 47.5 Å². The van der Waals surface area contributed by atoms with Crippen LogP contribution in [0, 0.1) is 0 Å². The molecule has 0 aromatic heterocycles. The molecule has 0 N–H and O–H groups in total. The Morgan fingerprint density at radius 2 is 1.41 bits per heavy atom. The zero-order chi connectivity index (χ0) is 15.0. The van der Waals surface area contributed by atoms with Crippen LogP contribution >= 0.6 is 12.4 Å². The topological polar surface area (TPSA) is 49.7 Å². The largest absolute Gasteiger partial charge is 0.369 e. The number of benzene rings is 2. The van der Waals surface area contributed by atoms with E-state index in [0.29, 0.717) is 27.9 Å². The summed E-state index contributed by atoms with van der Waals surface area (Å²) in [5.41, 5.74) is 2.46. The fourth-order valence-electron chi connectivity index (χ4n) is 2.35. The third kappa shape index (κ3) is 2.65. The molecular formula is C17H15ClN2O2. The van der Waals surface area contributed by atoms with Crippen LogP contribution in [0.3, 0.4) is 0 Å². The van der Waals surface area contributed by atoms with Crippen LogP contribution in [0.1, 0.15) is 31.8 Å². The lowest BCUT2D eigenvalue weighted by atomic mass is 9.84. The van der Waals surface area contributed by atoms with Crippen molar-refractivity contribution in [2.24, 2.45) is 4.99 Å². The lowest BCUT2D eigenvalue weighted by Crippen LogP contribution is -2.20. The van der Waals surface area contributed by atoms with Gasteiger partial charge < -0.3 is 4.90 Å². The van der Waals surface area contributed by atoms with Crippen molar-refractivity contribution < 1.29 is 9.59 Å². The predicted octanol–water partition coefficient (Wildman–Crippen LogP) is 3.11. The smallest absolute Gasteiger partial charge is 0.194 e. The van der Waals surface area contributed by atoms with Gasteiger partial charge in [-0.3, -0.25) is 9.59 Å². The first-order valence-electron chi connectivity index (χ1n) is 6.61. The van der Waals surface area contributed by atoms with E-state index in [1.807, 2.05) is 19.0 Å². The second kappa shape index (κ2) is 6.12. The molecule has 0 saturated carbocycles. The van der Waals surface area contributed by atoms with Gasteiger partial charge in [0.05, 0.1) is 12.0 Å². The third-order valence-corrected chi connectivity index (χ3v) is 3.35. The number of rotatable bonds is 2. The van der Waals surface area contributed by atoms with Crippen LogP contribution in [0.4, 0.5) is 5.69 Å². The summed E-state index contributed by atoms with van der Waals surface area (Å²) in [4.78, 5) is 31.0. The highest BCUT2D eigenvalue weighted by molar-refractivity contribution is 6.28. The normalized spacial score (nSPS) is 12.6. The number of fused-ring (bicyclic) bond motifs is 2. The molecular weight excluding hydrogens is 300 g/mol. The van der Waals surface area contributed by atoms with Crippen molar-refractivity contribution in [3.05, 3.63) is 64.7 Å². The Hall–Kier alpha value is -2.46. The van der Waals surface area contributed by atoms with Crippen LogP contribution in [-0.4, -0.2) is 36.9 Å². The summed E-state index contributed by atoms with van der Waals surface area (Å²) in [6, 6.07) is 12.0. The molecule has 0 fully saturated rings. The Kier molecular flexibility index (Phi) is 4.43. The van der Waals surface area contributed by atoms with Crippen molar-refractivity contribution in [1.82, 2.24) is 4.90 Å². The number of carbonyl (C=O) groups excluding carboxylic acids is 2. The molecule has 0 spiro atoms. The summed E-state index contributed by atoms with van der Waals surface area (Å²) < 4.78 is 0. The Morgan fingerprint density at radius 3 is 2.00 bits per heavy atom. The van der Waals surface area contributed by atoms with Crippen molar-refractivity contribution >= 4 is 36.0 Å². The fraction of sp³-hybridized carbons (Fsp3) is 0.118. The second-order valence-corrected chi connectivity index (χ2v) is 5.14. The number of halogens is 1. The zero-order valence-corrected chi connectivity index (χ0v) is 13.1. The predicted molar refractivity (Wildman–Crippen MR) is 88.8 cm³/mol. The Balaban J connectivity index is 0.00000176. The lowest BCUT2D eigenvalue weighted by Gasteiger charge is -2.17. The van der Waals surface area contributed by atoms with Gasteiger partial charge in [-0.05, 0) is 18.2 Å². The highest BCUT2D eigenvalue weighted by Gasteiger charge is 2.29. The Morgan fingerprint density at radius 1 is 0.864 bits per heavy atom. The Bertz CT molecular complexity index is 782. The van der Waals surface area contributed by atoms with Crippen molar-refractivity contribution in [1.29, 1.82) is 0 Å². The monoisotopic (exact) mass is 314 g/mol. The fourth-order valence-corrected chi connectivity index (χ4v) is 2.35. The molecule has 0 unspecified atom stereocenters. The number of carbonyl (C=O) groups is 2. The van der Waals surface area contributed by atoms with Gasteiger partial charge in [0.1, 0.15) is 0 Å². The van der Waals surface area contributed by atoms with Gasteiger partial charge in [-0.1, -0.05) is 24.3 Å². The first-order chi connectivity index (χ1) is 10.1. The molecule has 0 heterocycles. The molecule has 3 rings (SSSR count). The summed E-state index contributed by atoms with van der Waals surface area (Å²) in [5.74, 6) is -0.231. The van der Waals surface area contributed by atoms with Crippen molar-refractivity contribution in [3.8, 4) is 0 Å². The van der Waals surface area contributed by atoms with Gasteiger partial charge in [0, 0.05) is 36.3 Å². The first kappa shape index (κ1) is 15.9. The maximum absolute atomic E-state index is 12.5. The van der Waals surface area contributed by atoms with Crippen molar-refractivity contribution in [3.63, 3.8) is 0 Å². The number of ketones is 2. The number of hydrogen-bond donors (Lipinski definition) is 0. The quantitative estimate of drug-likeness (QED) is 0.539. The van der Waals surface area contributed by atoms with E-state index < -0.39 is 0 Å². The lowest BCUT2D eigenvalue weighted by molar-refractivity contribution is 0.0979. The molecule has 0 radical (unpaired) electrons. The van der Waals surface area contributed by atoms with Gasteiger partial charge in [0.2, 0.25) is 0 Å². The standard InChI is InChI=1S/C17H14N2O2.ClH/c1-19(2)10-18-11-7-8-14-15(9-11)17(21)13-6-4-3-5-12(13)16(14)20;/h3-10H,1-2H3;1H. The van der Waals surface area contributed by atoms with E-state index in [2.05, 4.69) is 4.99 Å². The molecule has 22 heavy (non-hydrogen) atoms. The van der Waals surface area contributed by atoms with E-state index in [-0.39, 0.29) is 24.0 Å². The highest BCUT2D eigenvalue weighted by Crippen LogP contribution is 2.29. The van der Waals surface area contributed by atoms with Gasteiger partial charge >= 0.3 is 0 Å². The van der Waals surface area contributed by atoms with E-state index in [1.165, 1.54) is 0 Å². The summed E-state index contributed by atoms with van der Waals surface area (Å²) in [6.07, 6.45) is 1.66. The molecule has 2 aromatic rings. The van der Waals surface area contributed by atoms with Gasteiger partial charge in [0.25, 0.3) is 0 Å². The molecule has 0 bridgehead atoms. The van der Waals surface area contributed by atoms with Crippen LogP contribution < -0.4 is 0 Å². The maximum atomic E-state index is 12.5.